The minimum Gasteiger partial charge on any atom is -0.400 e. The number of hydrogen-bond acceptors (Lipinski definition) is 8. The predicted octanol–water partition coefficient (Wildman–Crippen LogP) is 4.61. The average Bonchev–Trinajstić information content (AvgIpc) is 3.44. The van der Waals surface area contributed by atoms with E-state index in [1.807, 2.05) is 35.7 Å². The summed E-state index contributed by atoms with van der Waals surface area (Å²) in [7, 11) is 0. The first-order valence-corrected chi connectivity index (χ1v) is 10.2. The number of nitro benzene ring substituents is 1. The smallest absolute Gasteiger partial charge is 0.400 e. The van der Waals surface area contributed by atoms with Gasteiger partial charge in [-0.15, -0.1) is 11.3 Å². The van der Waals surface area contributed by atoms with Crippen LogP contribution in [0, 0.1) is 20.2 Å². The molecule has 0 amide bonds. The first-order chi connectivity index (χ1) is 15.5. The monoisotopic (exact) mass is 449 g/mol. The van der Waals surface area contributed by atoms with Crippen molar-refractivity contribution in [3.05, 3.63) is 108 Å². The summed E-state index contributed by atoms with van der Waals surface area (Å²) in [6, 6.07) is 18.5. The molecule has 0 radical (unpaired) electrons. The maximum Gasteiger partial charge on any atom is 0.433 e. The summed E-state index contributed by atoms with van der Waals surface area (Å²) in [6.07, 6.45) is 1.36. The quantitative estimate of drug-likeness (QED) is 0.231. The zero-order valence-corrected chi connectivity index (χ0v) is 17.2. The molecule has 0 unspecified atom stereocenters. The molecule has 4 aromatic rings. The zero-order chi connectivity index (χ0) is 22.5. The van der Waals surface area contributed by atoms with E-state index in [9.17, 15) is 20.2 Å². The molecular weight excluding hydrogens is 434 g/mol. The van der Waals surface area contributed by atoms with Gasteiger partial charge in [0.05, 0.1) is 29.4 Å². The molecule has 0 aliphatic carbocycles. The van der Waals surface area contributed by atoms with E-state index < -0.39 is 9.85 Å². The fourth-order valence-electron chi connectivity index (χ4n) is 2.84. The molecule has 0 atom stereocenters. The third-order valence-electron chi connectivity index (χ3n) is 4.39. The molecule has 32 heavy (non-hydrogen) atoms. The second-order valence-electron chi connectivity index (χ2n) is 6.50. The Kier molecular flexibility index (Phi) is 5.99. The van der Waals surface area contributed by atoms with Crippen molar-refractivity contribution in [1.82, 2.24) is 4.68 Å². The number of nitro groups is 2. The van der Waals surface area contributed by atoms with E-state index in [2.05, 4.69) is 10.1 Å². The van der Waals surface area contributed by atoms with Gasteiger partial charge in [-0.05, 0) is 23.8 Å². The molecule has 2 heterocycles. The Labute approximate surface area is 184 Å². The van der Waals surface area contributed by atoms with E-state index in [0.29, 0.717) is 22.6 Å². The van der Waals surface area contributed by atoms with Crippen molar-refractivity contribution in [3.63, 3.8) is 0 Å². The van der Waals surface area contributed by atoms with Crippen molar-refractivity contribution in [2.45, 2.75) is 6.54 Å². The highest BCUT2D eigenvalue weighted by Gasteiger charge is 2.12. The Hall–Kier alpha value is -4.38. The van der Waals surface area contributed by atoms with E-state index in [0.717, 1.165) is 5.56 Å². The number of thiazole rings is 1. The van der Waals surface area contributed by atoms with Crippen LogP contribution in [0.15, 0.2) is 86.6 Å². The summed E-state index contributed by atoms with van der Waals surface area (Å²) in [6.45, 7) is 0.433. The molecule has 4 rings (SSSR count). The van der Waals surface area contributed by atoms with Crippen LogP contribution in [0.1, 0.15) is 11.3 Å². The Morgan fingerprint density at radius 3 is 2.38 bits per heavy atom. The molecule has 0 bridgehead atoms. The topological polar surface area (TPSA) is 129 Å². The van der Waals surface area contributed by atoms with Crippen LogP contribution in [0.5, 0.6) is 0 Å². The lowest BCUT2D eigenvalue weighted by Gasteiger charge is -2.03. The van der Waals surface area contributed by atoms with E-state index in [-0.39, 0.29) is 17.3 Å². The highest BCUT2D eigenvalue weighted by Crippen LogP contribution is 2.23. The normalized spacial score (nSPS) is 11.8. The van der Waals surface area contributed by atoms with E-state index >= 15 is 0 Å². The van der Waals surface area contributed by atoms with Crippen molar-refractivity contribution in [3.8, 4) is 11.3 Å². The summed E-state index contributed by atoms with van der Waals surface area (Å²) < 4.78 is 6.71. The number of furan rings is 1. The number of benzene rings is 2. The van der Waals surface area contributed by atoms with Crippen molar-refractivity contribution in [2.75, 3.05) is 0 Å². The standard InChI is InChI=1S/C21H15N5O5S/c27-25(28)17-8-6-16(7-9-17)19-14-32-21(22-12-15-4-2-1-3-5-15)24(19)23-13-18-10-11-20(31-18)26(29)30/h1-11,13-14H,12H2. The minimum absolute atomic E-state index is 0.0177. The van der Waals surface area contributed by atoms with Crippen LogP contribution in [-0.2, 0) is 6.54 Å². The lowest BCUT2D eigenvalue weighted by molar-refractivity contribution is -0.402. The molecule has 10 nitrogen and oxygen atoms in total. The van der Waals surface area contributed by atoms with Gasteiger partial charge in [-0.3, -0.25) is 25.2 Å². The van der Waals surface area contributed by atoms with Gasteiger partial charge in [0.15, 0.2) is 5.76 Å². The molecule has 0 saturated heterocycles. The molecule has 2 aromatic carbocycles. The number of non-ortho nitro benzene ring substituents is 1. The summed E-state index contributed by atoms with van der Waals surface area (Å²) >= 11 is 1.36. The van der Waals surface area contributed by atoms with Gasteiger partial charge in [-0.2, -0.15) is 5.10 Å². The molecule has 0 spiro atoms. The molecule has 0 aliphatic rings. The van der Waals surface area contributed by atoms with Gasteiger partial charge in [-0.25, -0.2) is 4.68 Å². The summed E-state index contributed by atoms with van der Waals surface area (Å²) in [5.74, 6) is -0.176. The fraction of sp³-hybridized carbons (Fsp3) is 0.0476. The maximum atomic E-state index is 11.0. The van der Waals surface area contributed by atoms with Crippen molar-refractivity contribution in [1.29, 1.82) is 0 Å². The van der Waals surface area contributed by atoms with E-state index in [1.165, 1.54) is 41.8 Å². The lowest BCUT2D eigenvalue weighted by Crippen LogP contribution is -2.12. The van der Waals surface area contributed by atoms with Crippen LogP contribution >= 0.6 is 11.3 Å². The van der Waals surface area contributed by atoms with Gasteiger partial charge in [-0.1, -0.05) is 30.3 Å². The van der Waals surface area contributed by atoms with Gasteiger partial charge in [0.25, 0.3) is 5.69 Å². The average molecular weight is 449 g/mol. The molecule has 0 saturated carbocycles. The first-order valence-electron chi connectivity index (χ1n) is 9.29. The van der Waals surface area contributed by atoms with Crippen LogP contribution in [0.25, 0.3) is 11.3 Å². The number of nitrogens with zero attached hydrogens (tertiary/aromatic N) is 5. The Bertz CT molecular complexity index is 1350. The van der Waals surface area contributed by atoms with Crippen LogP contribution in [-0.4, -0.2) is 20.7 Å². The van der Waals surface area contributed by atoms with Gasteiger partial charge in [0.1, 0.15) is 4.92 Å². The third-order valence-corrected chi connectivity index (χ3v) is 5.25. The highest BCUT2D eigenvalue weighted by atomic mass is 32.1. The van der Waals surface area contributed by atoms with Crippen LogP contribution in [0.2, 0.25) is 0 Å². The van der Waals surface area contributed by atoms with Crippen LogP contribution in [0.4, 0.5) is 11.6 Å². The van der Waals surface area contributed by atoms with Gasteiger partial charge in [0, 0.05) is 23.1 Å². The van der Waals surface area contributed by atoms with Gasteiger partial charge < -0.3 is 4.42 Å². The third kappa shape index (κ3) is 4.68. The minimum atomic E-state index is -0.627. The molecule has 0 N–H and O–H groups in total. The second-order valence-corrected chi connectivity index (χ2v) is 7.34. The largest absolute Gasteiger partial charge is 0.433 e. The molecule has 160 valence electrons. The molecule has 0 aliphatic heterocycles. The lowest BCUT2D eigenvalue weighted by atomic mass is 10.1. The first kappa shape index (κ1) is 20.9. The number of hydrogen-bond donors (Lipinski definition) is 0. The van der Waals surface area contributed by atoms with E-state index in [1.54, 1.807) is 16.8 Å². The zero-order valence-electron chi connectivity index (χ0n) is 16.4. The van der Waals surface area contributed by atoms with Crippen LogP contribution in [0.3, 0.4) is 0 Å². The van der Waals surface area contributed by atoms with E-state index in [4.69, 9.17) is 4.42 Å². The fourth-order valence-corrected chi connectivity index (χ4v) is 3.68. The molecule has 2 aromatic heterocycles. The summed E-state index contributed by atoms with van der Waals surface area (Å²) in [4.78, 5) is 25.9. The van der Waals surface area contributed by atoms with Crippen molar-refractivity contribution in [2.24, 2.45) is 10.1 Å². The maximum absolute atomic E-state index is 11.0. The Morgan fingerprint density at radius 2 is 1.72 bits per heavy atom. The number of aromatic nitrogens is 1. The molecule has 11 heteroatoms. The van der Waals surface area contributed by atoms with Gasteiger partial charge in [0.2, 0.25) is 4.80 Å². The van der Waals surface area contributed by atoms with Crippen molar-refractivity contribution >= 4 is 29.1 Å². The predicted molar refractivity (Wildman–Crippen MR) is 118 cm³/mol. The SMILES string of the molecule is O=[N+]([O-])c1ccc(-c2csc(=NCc3ccccc3)n2N=Cc2ccc([N+](=O)[O-])o2)cc1. The Morgan fingerprint density at radius 1 is 0.969 bits per heavy atom. The summed E-state index contributed by atoms with van der Waals surface area (Å²) in [5.41, 5.74) is 2.37. The highest BCUT2D eigenvalue weighted by molar-refractivity contribution is 7.07. The molecule has 0 fully saturated rings. The molecular formula is C21H15N5O5S. The van der Waals surface area contributed by atoms with Crippen molar-refractivity contribution < 1.29 is 14.3 Å². The second kappa shape index (κ2) is 9.18. The number of rotatable bonds is 7. The van der Waals surface area contributed by atoms with Gasteiger partial charge >= 0.3 is 5.88 Å². The Balaban J connectivity index is 1.74. The summed E-state index contributed by atoms with van der Waals surface area (Å²) in [5, 5.41) is 28.0. The van der Waals surface area contributed by atoms with Crippen LogP contribution < -0.4 is 4.80 Å².